The molecule has 0 fully saturated rings. The number of carbonyl (C=O) groups is 1. The van der Waals surface area contributed by atoms with E-state index in [1.165, 1.54) is 0 Å². The number of nitrogens with zero attached hydrogens (tertiary/aromatic N) is 3. The van der Waals surface area contributed by atoms with Gasteiger partial charge in [-0.3, -0.25) is 4.79 Å². The number of nitrogen functional groups attached to an aromatic ring is 1. The molecule has 2 rings (SSSR count). The van der Waals surface area contributed by atoms with Gasteiger partial charge in [-0.15, -0.1) is 0 Å². The van der Waals surface area contributed by atoms with Gasteiger partial charge in [0.1, 0.15) is 17.3 Å². The minimum atomic E-state index is -0.225. The first-order chi connectivity index (χ1) is 8.66. The summed E-state index contributed by atoms with van der Waals surface area (Å²) in [5.74, 6) is 1.04. The molecular weight excluding hydrogens is 230 g/mol. The number of imidazole rings is 1. The summed E-state index contributed by atoms with van der Waals surface area (Å²) in [6.07, 6.45) is 4.28. The smallest absolute Gasteiger partial charge is 0.269 e. The van der Waals surface area contributed by atoms with Gasteiger partial charge in [0.2, 0.25) is 0 Å². The molecule has 0 spiro atoms. The second-order valence-corrected chi connectivity index (χ2v) is 3.91. The molecule has 1 amide bonds. The molecule has 0 unspecified atom stereocenters. The van der Waals surface area contributed by atoms with Crippen molar-refractivity contribution in [3.8, 4) is 0 Å². The van der Waals surface area contributed by atoms with Gasteiger partial charge in [0.15, 0.2) is 0 Å². The van der Waals surface area contributed by atoms with Crippen LogP contribution in [0.1, 0.15) is 16.3 Å². The molecule has 3 N–H and O–H groups in total. The highest BCUT2D eigenvalue weighted by molar-refractivity contribution is 5.92. The molecule has 0 saturated heterocycles. The first-order valence-electron chi connectivity index (χ1n) is 5.64. The molecule has 0 aromatic carbocycles. The van der Waals surface area contributed by atoms with E-state index in [-0.39, 0.29) is 5.91 Å². The van der Waals surface area contributed by atoms with E-state index in [0.29, 0.717) is 24.5 Å². The van der Waals surface area contributed by atoms with Gasteiger partial charge in [-0.25, -0.2) is 9.97 Å². The van der Waals surface area contributed by atoms with Crippen LogP contribution in [0.3, 0.4) is 0 Å². The number of pyridine rings is 1. The van der Waals surface area contributed by atoms with Gasteiger partial charge in [0, 0.05) is 32.4 Å². The number of anilines is 1. The number of aromatic nitrogens is 3. The monoisotopic (exact) mass is 245 g/mol. The molecule has 18 heavy (non-hydrogen) atoms. The molecule has 94 valence electrons. The predicted octanol–water partition coefficient (Wildman–Crippen LogP) is 0.370. The molecule has 0 aliphatic heterocycles. The molecule has 0 radical (unpaired) electrons. The maximum absolute atomic E-state index is 11.8. The topological polar surface area (TPSA) is 85.8 Å². The second kappa shape index (κ2) is 5.31. The molecule has 0 aliphatic carbocycles. The molecule has 6 nitrogen and oxygen atoms in total. The van der Waals surface area contributed by atoms with Crippen LogP contribution < -0.4 is 11.1 Å². The fraction of sp³-hybridized carbons (Fsp3) is 0.250. The lowest BCUT2D eigenvalue weighted by Gasteiger charge is -2.05. The van der Waals surface area contributed by atoms with Gasteiger partial charge in [-0.2, -0.15) is 0 Å². The zero-order chi connectivity index (χ0) is 13.0. The van der Waals surface area contributed by atoms with Crippen LogP contribution in [0.25, 0.3) is 0 Å². The third-order valence-electron chi connectivity index (χ3n) is 2.56. The number of hydrogen-bond acceptors (Lipinski definition) is 4. The van der Waals surface area contributed by atoms with Crippen molar-refractivity contribution in [3.05, 3.63) is 42.1 Å². The summed E-state index contributed by atoms with van der Waals surface area (Å²) in [5, 5.41) is 2.78. The van der Waals surface area contributed by atoms with E-state index >= 15 is 0 Å². The molecule has 2 heterocycles. The van der Waals surface area contributed by atoms with Crippen molar-refractivity contribution in [1.82, 2.24) is 19.9 Å². The molecule has 2 aromatic rings. The van der Waals surface area contributed by atoms with E-state index in [0.717, 1.165) is 5.82 Å². The molecule has 0 bridgehead atoms. The van der Waals surface area contributed by atoms with Crippen LogP contribution in [0.2, 0.25) is 0 Å². The minimum absolute atomic E-state index is 0.225. The SMILES string of the molecule is Cn1ccnc1CCNC(=O)c1cccc(N)n1. The summed E-state index contributed by atoms with van der Waals surface area (Å²) in [6.45, 7) is 0.514. The number of carbonyl (C=O) groups excluding carboxylic acids is 1. The average molecular weight is 245 g/mol. The highest BCUT2D eigenvalue weighted by atomic mass is 16.1. The quantitative estimate of drug-likeness (QED) is 0.814. The lowest BCUT2D eigenvalue weighted by atomic mass is 10.3. The lowest BCUT2D eigenvalue weighted by molar-refractivity contribution is 0.0949. The van der Waals surface area contributed by atoms with Crippen LogP contribution in [0.15, 0.2) is 30.6 Å². The summed E-state index contributed by atoms with van der Waals surface area (Å²) in [7, 11) is 1.92. The van der Waals surface area contributed by atoms with Crippen molar-refractivity contribution in [1.29, 1.82) is 0 Å². The van der Waals surface area contributed by atoms with Crippen LogP contribution >= 0.6 is 0 Å². The van der Waals surface area contributed by atoms with Crippen molar-refractivity contribution in [2.75, 3.05) is 12.3 Å². The van der Waals surface area contributed by atoms with E-state index in [1.54, 1.807) is 24.4 Å². The first-order valence-corrected chi connectivity index (χ1v) is 5.64. The standard InChI is InChI=1S/C12H15N5O/c1-17-8-7-14-11(17)5-6-15-12(18)9-3-2-4-10(13)16-9/h2-4,7-8H,5-6H2,1H3,(H2,13,16)(H,15,18). The molecule has 0 aliphatic rings. The van der Waals surface area contributed by atoms with E-state index in [4.69, 9.17) is 5.73 Å². The van der Waals surface area contributed by atoms with Gasteiger partial charge in [0.05, 0.1) is 0 Å². The Morgan fingerprint density at radius 1 is 1.50 bits per heavy atom. The van der Waals surface area contributed by atoms with Crippen LogP contribution in [-0.4, -0.2) is 27.0 Å². The number of nitrogens with two attached hydrogens (primary N) is 1. The largest absolute Gasteiger partial charge is 0.384 e. The third kappa shape index (κ3) is 2.85. The summed E-state index contributed by atoms with van der Waals surface area (Å²) >= 11 is 0. The molecule has 6 heteroatoms. The Morgan fingerprint density at radius 2 is 2.33 bits per heavy atom. The van der Waals surface area contributed by atoms with E-state index in [2.05, 4.69) is 15.3 Å². The van der Waals surface area contributed by atoms with Gasteiger partial charge < -0.3 is 15.6 Å². The lowest BCUT2D eigenvalue weighted by Crippen LogP contribution is -2.27. The highest BCUT2D eigenvalue weighted by Gasteiger charge is 2.07. The summed E-state index contributed by atoms with van der Waals surface area (Å²) in [5.41, 5.74) is 5.85. The van der Waals surface area contributed by atoms with Crippen molar-refractivity contribution in [3.63, 3.8) is 0 Å². The first kappa shape index (κ1) is 12.1. The summed E-state index contributed by atoms with van der Waals surface area (Å²) in [6, 6.07) is 4.98. The Bertz CT molecular complexity index is 549. The fourth-order valence-electron chi connectivity index (χ4n) is 1.59. The fourth-order valence-corrected chi connectivity index (χ4v) is 1.59. The van der Waals surface area contributed by atoms with Gasteiger partial charge in [-0.1, -0.05) is 6.07 Å². The molecular formula is C12H15N5O. The number of aryl methyl sites for hydroxylation is 1. The zero-order valence-corrected chi connectivity index (χ0v) is 10.1. The average Bonchev–Trinajstić information content (AvgIpc) is 2.75. The molecule has 0 atom stereocenters. The van der Waals surface area contributed by atoms with Crippen LogP contribution in [0.5, 0.6) is 0 Å². The Balaban J connectivity index is 1.87. The van der Waals surface area contributed by atoms with E-state index in [1.807, 2.05) is 17.8 Å². The summed E-state index contributed by atoms with van der Waals surface area (Å²) < 4.78 is 1.92. The maximum Gasteiger partial charge on any atom is 0.269 e. The van der Waals surface area contributed by atoms with Crippen LogP contribution in [0, 0.1) is 0 Å². The van der Waals surface area contributed by atoms with Crippen LogP contribution in [0.4, 0.5) is 5.82 Å². The summed E-state index contributed by atoms with van der Waals surface area (Å²) in [4.78, 5) is 19.9. The minimum Gasteiger partial charge on any atom is -0.384 e. The van der Waals surface area contributed by atoms with Crippen molar-refractivity contribution < 1.29 is 4.79 Å². The number of nitrogens with one attached hydrogen (secondary N) is 1. The second-order valence-electron chi connectivity index (χ2n) is 3.91. The van der Waals surface area contributed by atoms with Crippen molar-refractivity contribution in [2.45, 2.75) is 6.42 Å². The highest BCUT2D eigenvalue weighted by Crippen LogP contribution is 2.00. The van der Waals surface area contributed by atoms with Gasteiger partial charge in [0.25, 0.3) is 5.91 Å². The van der Waals surface area contributed by atoms with E-state index < -0.39 is 0 Å². The number of hydrogen-bond donors (Lipinski definition) is 2. The normalized spacial score (nSPS) is 10.3. The van der Waals surface area contributed by atoms with Gasteiger partial charge in [-0.05, 0) is 12.1 Å². The Morgan fingerprint density at radius 3 is 3.00 bits per heavy atom. The van der Waals surface area contributed by atoms with Crippen LogP contribution in [-0.2, 0) is 13.5 Å². The number of rotatable bonds is 4. The number of amides is 1. The van der Waals surface area contributed by atoms with Crippen molar-refractivity contribution in [2.24, 2.45) is 7.05 Å². The molecule has 2 aromatic heterocycles. The van der Waals surface area contributed by atoms with Crippen molar-refractivity contribution >= 4 is 11.7 Å². The van der Waals surface area contributed by atoms with Gasteiger partial charge >= 0.3 is 0 Å². The molecule has 0 saturated carbocycles. The predicted molar refractivity (Wildman–Crippen MR) is 67.9 cm³/mol. The van der Waals surface area contributed by atoms with E-state index in [9.17, 15) is 4.79 Å². The Kier molecular flexibility index (Phi) is 3.57. The Hall–Kier alpha value is -2.37. The third-order valence-corrected chi connectivity index (χ3v) is 2.56. The Labute approximate surface area is 105 Å². The maximum atomic E-state index is 11.8. The zero-order valence-electron chi connectivity index (χ0n) is 10.1.